The van der Waals surface area contributed by atoms with Gasteiger partial charge in [-0.1, -0.05) is 0 Å². The molecule has 150 valence electrons. The third-order valence-electron chi connectivity index (χ3n) is 5.49. The van der Waals surface area contributed by atoms with Crippen molar-refractivity contribution in [1.82, 2.24) is 9.88 Å². The lowest BCUT2D eigenvalue weighted by Crippen LogP contribution is -2.39. The van der Waals surface area contributed by atoms with Crippen LogP contribution in [0.2, 0.25) is 0 Å². The van der Waals surface area contributed by atoms with Crippen LogP contribution in [0.4, 0.5) is 0 Å². The third-order valence-corrected chi connectivity index (χ3v) is 5.49. The summed E-state index contributed by atoms with van der Waals surface area (Å²) in [6.45, 7) is 0.133. The molecule has 6 heteroatoms. The molecule has 29 heavy (non-hydrogen) atoms. The van der Waals surface area contributed by atoms with Crippen molar-refractivity contribution in [2.24, 2.45) is 0 Å². The number of benzene rings is 2. The van der Waals surface area contributed by atoms with Crippen LogP contribution in [-0.4, -0.2) is 36.3 Å². The molecule has 1 amide bonds. The highest BCUT2D eigenvalue weighted by atomic mass is 16.5. The minimum absolute atomic E-state index is 0.133. The van der Waals surface area contributed by atoms with E-state index in [9.17, 15) is 9.90 Å². The second-order valence-electron chi connectivity index (χ2n) is 7.22. The van der Waals surface area contributed by atoms with Crippen LogP contribution in [0.25, 0.3) is 5.69 Å². The Kier molecular flexibility index (Phi) is 5.03. The lowest BCUT2D eigenvalue weighted by Gasteiger charge is -2.25. The summed E-state index contributed by atoms with van der Waals surface area (Å²) in [6.07, 6.45) is 5.15. The van der Waals surface area contributed by atoms with Crippen molar-refractivity contribution < 1.29 is 19.4 Å². The summed E-state index contributed by atoms with van der Waals surface area (Å²) in [5.74, 6) is 0.993. The number of hydrogen-bond acceptors (Lipinski definition) is 4. The van der Waals surface area contributed by atoms with Crippen molar-refractivity contribution >= 4 is 5.91 Å². The Morgan fingerprint density at radius 3 is 2.41 bits per heavy atom. The first-order chi connectivity index (χ1) is 14.0. The van der Waals surface area contributed by atoms with Gasteiger partial charge in [0.1, 0.15) is 5.60 Å². The van der Waals surface area contributed by atoms with Gasteiger partial charge in [-0.3, -0.25) is 4.79 Å². The summed E-state index contributed by atoms with van der Waals surface area (Å²) in [5.41, 5.74) is 2.19. The first kappa shape index (κ1) is 19.1. The van der Waals surface area contributed by atoms with E-state index < -0.39 is 5.60 Å². The minimum Gasteiger partial charge on any atom is -0.493 e. The Balaban J connectivity index is 1.47. The quantitative estimate of drug-likeness (QED) is 0.676. The van der Waals surface area contributed by atoms with E-state index in [-0.39, 0.29) is 12.5 Å². The molecule has 0 fully saturated rings. The van der Waals surface area contributed by atoms with Gasteiger partial charge in [0.05, 0.1) is 20.8 Å². The highest BCUT2D eigenvalue weighted by Crippen LogP contribution is 2.42. The van der Waals surface area contributed by atoms with Crippen molar-refractivity contribution in [3.63, 3.8) is 0 Å². The zero-order valence-electron chi connectivity index (χ0n) is 16.5. The molecule has 1 heterocycles. The van der Waals surface area contributed by atoms with Crippen molar-refractivity contribution in [3.05, 3.63) is 77.6 Å². The van der Waals surface area contributed by atoms with Crippen LogP contribution >= 0.6 is 0 Å². The number of carbonyl (C=O) groups excluding carboxylic acids is 1. The van der Waals surface area contributed by atoms with E-state index in [0.717, 1.165) is 16.8 Å². The van der Waals surface area contributed by atoms with Crippen LogP contribution in [0.1, 0.15) is 27.9 Å². The zero-order valence-corrected chi connectivity index (χ0v) is 16.5. The fraction of sp³-hybridized carbons (Fsp3) is 0.261. The molecule has 1 unspecified atom stereocenters. The predicted molar refractivity (Wildman–Crippen MR) is 110 cm³/mol. The second-order valence-corrected chi connectivity index (χ2v) is 7.22. The standard InChI is InChI=1S/C23H24N2O4/c1-28-20-13-17-9-10-23(27,19(17)14-21(20)29-2)15-24-22(26)16-5-7-18(8-6-16)25-11-3-4-12-25/h3-8,11-14,27H,9-10,15H2,1-2H3,(H,24,26). The minimum atomic E-state index is -1.13. The largest absolute Gasteiger partial charge is 0.493 e. The highest BCUT2D eigenvalue weighted by Gasteiger charge is 2.38. The molecule has 2 N–H and O–H groups in total. The van der Waals surface area contributed by atoms with E-state index in [1.54, 1.807) is 32.4 Å². The number of fused-ring (bicyclic) bond motifs is 1. The smallest absolute Gasteiger partial charge is 0.251 e. The van der Waals surface area contributed by atoms with Crippen LogP contribution in [0.15, 0.2) is 60.9 Å². The number of aromatic nitrogens is 1. The molecular formula is C23H24N2O4. The second kappa shape index (κ2) is 7.64. The van der Waals surface area contributed by atoms with Crippen molar-refractivity contribution in [2.75, 3.05) is 20.8 Å². The summed E-state index contributed by atoms with van der Waals surface area (Å²) >= 11 is 0. The van der Waals surface area contributed by atoms with Gasteiger partial charge in [-0.2, -0.15) is 0 Å². The van der Waals surface area contributed by atoms with Crippen LogP contribution in [-0.2, 0) is 12.0 Å². The number of nitrogens with one attached hydrogen (secondary N) is 1. The molecule has 0 spiro atoms. The number of carbonyl (C=O) groups is 1. The number of aliphatic hydroxyl groups is 1. The SMILES string of the molecule is COc1cc2c(cc1OC)C(O)(CNC(=O)c1ccc(-n3cccc3)cc1)CC2. The molecule has 4 rings (SSSR count). The lowest BCUT2D eigenvalue weighted by molar-refractivity contribution is 0.0368. The van der Waals surface area contributed by atoms with E-state index >= 15 is 0 Å². The molecule has 1 atom stereocenters. The van der Waals surface area contributed by atoms with Gasteiger partial charge in [-0.25, -0.2) is 0 Å². The number of ether oxygens (including phenoxy) is 2. The number of aryl methyl sites for hydroxylation is 1. The molecule has 0 saturated carbocycles. The zero-order chi connectivity index (χ0) is 20.4. The fourth-order valence-corrected chi connectivity index (χ4v) is 3.84. The van der Waals surface area contributed by atoms with E-state index in [4.69, 9.17) is 9.47 Å². The Labute approximate surface area is 169 Å². The van der Waals surface area contributed by atoms with Gasteiger partial charge in [-0.15, -0.1) is 0 Å². The summed E-state index contributed by atoms with van der Waals surface area (Å²) in [4.78, 5) is 12.6. The number of hydrogen-bond donors (Lipinski definition) is 2. The third kappa shape index (κ3) is 3.59. The van der Waals surface area contributed by atoms with E-state index in [0.29, 0.717) is 29.9 Å². The van der Waals surface area contributed by atoms with Gasteiger partial charge < -0.3 is 24.5 Å². The van der Waals surface area contributed by atoms with Crippen molar-refractivity contribution in [1.29, 1.82) is 0 Å². The van der Waals surface area contributed by atoms with Crippen LogP contribution in [0, 0.1) is 0 Å². The molecule has 1 aromatic heterocycles. The lowest BCUT2D eigenvalue weighted by atomic mass is 9.95. The summed E-state index contributed by atoms with van der Waals surface area (Å²) in [6, 6.07) is 15.0. The monoisotopic (exact) mass is 392 g/mol. The molecule has 6 nitrogen and oxygen atoms in total. The molecule has 3 aromatic rings. The Morgan fingerprint density at radius 1 is 1.10 bits per heavy atom. The van der Waals surface area contributed by atoms with Crippen LogP contribution in [0.5, 0.6) is 11.5 Å². The van der Waals surface area contributed by atoms with Gasteiger partial charge in [0.15, 0.2) is 11.5 Å². The van der Waals surface area contributed by atoms with E-state index in [2.05, 4.69) is 5.32 Å². The summed E-state index contributed by atoms with van der Waals surface area (Å²) in [7, 11) is 3.16. The number of nitrogens with zero attached hydrogens (tertiary/aromatic N) is 1. The fourth-order valence-electron chi connectivity index (χ4n) is 3.84. The van der Waals surface area contributed by atoms with Crippen LogP contribution < -0.4 is 14.8 Å². The summed E-state index contributed by atoms with van der Waals surface area (Å²) in [5, 5.41) is 14.1. The number of methoxy groups -OCH3 is 2. The van der Waals surface area contributed by atoms with Crippen LogP contribution in [0.3, 0.4) is 0 Å². The maximum atomic E-state index is 12.6. The van der Waals surface area contributed by atoms with Gasteiger partial charge in [-0.05, 0) is 72.5 Å². The molecule has 2 aromatic carbocycles. The first-order valence-corrected chi connectivity index (χ1v) is 9.53. The molecular weight excluding hydrogens is 368 g/mol. The van der Waals surface area contributed by atoms with Crippen molar-refractivity contribution in [2.45, 2.75) is 18.4 Å². The number of rotatable bonds is 6. The Bertz CT molecular complexity index is 1010. The average molecular weight is 392 g/mol. The maximum Gasteiger partial charge on any atom is 0.251 e. The van der Waals surface area contributed by atoms with E-state index in [1.807, 2.05) is 47.3 Å². The van der Waals surface area contributed by atoms with Gasteiger partial charge >= 0.3 is 0 Å². The first-order valence-electron chi connectivity index (χ1n) is 9.53. The topological polar surface area (TPSA) is 72.7 Å². The van der Waals surface area contributed by atoms with Gasteiger partial charge in [0.2, 0.25) is 0 Å². The summed E-state index contributed by atoms with van der Waals surface area (Å²) < 4.78 is 12.7. The molecule has 0 saturated heterocycles. The predicted octanol–water partition coefficient (Wildman–Crippen LogP) is 3.06. The molecule has 1 aliphatic rings. The molecule has 0 radical (unpaired) electrons. The maximum absolute atomic E-state index is 12.6. The highest BCUT2D eigenvalue weighted by molar-refractivity contribution is 5.94. The van der Waals surface area contributed by atoms with Gasteiger partial charge in [0, 0.05) is 23.6 Å². The Hall–Kier alpha value is -3.25. The van der Waals surface area contributed by atoms with E-state index in [1.165, 1.54) is 0 Å². The van der Waals surface area contributed by atoms with Gasteiger partial charge in [0.25, 0.3) is 5.91 Å². The normalized spacial score (nSPS) is 17.6. The molecule has 0 aliphatic heterocycles. The Morgan fingerprint density at radius 2 is 1.76 bits per heavy atom. The molecule has 0 bridgehead atoms. The molecule has 1 aliphatic carbocycles. The number of amides is 1. The van der Waals surface area contributed by atoms with Crippen molar-refractivity contribution in [3.8, 4) is 17.2 Å². The average Bonchev–Trinajstić information content (AvgIpc) is 3.40.